The van der Waals surface area contributed by atoms with Crippen molar-refractivity contribution in [2.24, 2.45) is 0 Å². The zero-order chi connectivity index (χ0) is 14.8. The van der Waals surface area contributed by atoms with E-state index in [0.29, 0.717) is 16.5 Å². The van der Waals surface area contributed by atoms with Crippen LogP contribution in [0.5, 0.6) is 0 Å². The van der Waals surface area contributed by atoms with Crippen molar-refractivity contribution in [3.05, 3.63) is 82.1 Å². The summed E-state index contributed by atoms with van der Waals surface area (Å²) >= 11 is 3.11. The van der Waals surface area contributed by atoms with E-state index in [2.05, 4.69) is 15.9 Å². The van der Waals surface area contributed by atoms with Gasteiger partial charge in [0.05, 0.1) is 4.47 Å². The zero-order valence-corrected chi connectivity index (χ0v) is 12.7. The first-order valence-corrected chi connectivity index (χ1v) is 7.39. The lowest BCUT2D eigenvalue weighted by Crippen LogP contribution is -2.04. The lowest BCUT2D eigenvalue weighted by molar-refractivity contribution is 0.0993. The zero-order valence-electron chi connectivity index (χ0n) is 11.1. The molecule has 3 rings (SSSR count). The van der Waals surface area contributed by atoms with Crippen molar-refractivity contribution in [1.29, 1.82) is 0 Å². The predicted molar refractivity (Wildman–Crippen MR) is 86.1 cm³/mol. The van der Waals surface area contributed by atoms with Gasteiger partial charge in [0.2, 0.25) is 0 Å². The van der Waals surface area contributed by atoms with Gasteiger partial charge >= 0.3 is 0 Å². The molecule has 0 heterocycles. The van der Waals surface area contributed by atoms with Crippen molar-refractivity contribution in [2.45, 2.75) is 6.42 Å². The third-order valence-electron chi connectivity index (χ3n) is 3.47. The number of carbonyl (C=O) groups is 1. The molecular weight excluding hydrogens is 331 g/mol. The average Bonchev–Trinajstić information content (AvgIpc) is 2.50. The molecule has 0 bridgehead atoms. The summed E-state index contributed by atoms with van der Waals surface area (Å²) in [6.45, 7) is 0. The molecule has 0 amide bonds. The van der Waals surface area contributed by atoms with Crippen LogP contribution in [0.2, 0.25) is 0 Å². The molecule has 0 aromatic heterocycles. The number of rotatable bonds is 3. The van der Waals surface area contributed by atoms with Crippen LogP contribution in [0.3, 0.4) is 0 Å². The molecule has 0 radical (unpaired) electrons. The summed E-state index contributed by atoms with van der Waals surface area (Å²) in [5.74, 6) is -0.385. The maximum absolute atomic E-state index is 13.2. The second-order valence-electron chi connectivity index (χ2n) is 4.87. The van der Waals surface area contributed by atoms with E-state index in [0.717, 1.165) is 16.3 Å². The molecule has 0 aliphatic rings. The summed E-state index contributed by atoms with van der Waals surface area (Å²) in [6, 6.07) is 18.3. The van der Waals surface area contributed by atoms with Gasteiger partial charge in [-0.1, -0.05) is 42.5 Å². The summed E-state index contributed by atoms with van der Waals surface area (Å²) in [6.07, 6.45) is 0.305. The van der Waals surface area contributed by atoms with Crippen molar-refractivity contribution in [1.82, 2.24) is 0 Å². The first-order valence-electron chi connectivity index (χ1n) is 6.60. The van der Waals surface area contributed by atoms with E-state index >= 15 is 0 Å². The molecule has 3 aromatic rings. The van der Waals surface area contributed by atoms with Gasteiger partial charge in [0.15, 0.2) is 5.78 Å². The summed E-state index contributed by atoms with van der Waals surface area (Å²) in [7, 11) is 0. The largest absolute Gasteiger partial charge is 0.294 e. The highest BCUT2D eigenvalue weighted by atomic mass is 79.9. The standard InChI is InChI=1S/C18H12BrFO/c19-16-10-14(8-9-17(16)20)18(21)11-13-6-3-5-12-4-1-2-7-15(12)13/h1-10H,11H2. The van der Waals surface area contributed by atoms with Crippen LogP contribution >= 0.6 is 15.9 Å². The van der Waals surface area contributed by atoms with Crippen LogP contribution in [-0.4, -0.2) is 5.78 Å². The second kappa shape index (κ2) is 5.78. The minimum absolute atomic E-state index is 0.0212. The quantitative estimate of drug-likeness (QED) is 0.600. The van der Waals surface area contributed by atoms with Gasteiger partial charge in [0, 0.05) is 12.0 Å². The van der Waals surface area contributed by atoms with Crippen LogP contribution in [0.1, 0.15) is 15.9 Å². The van der Waals surface area contributed by atoms with Crippen molar-refractivity contribution in [3.63, 3.8) is 0 Å². The normalized spacial score (nSPS) is 10.8. The molecule has 1 nitrogen and oxygen atoms in total. The van der Waals surface area contributed by atoms with Crippen LogP contribution in [0, 0.1) is 5.82 Å². The first-order chi connectivity index (χ1) is 10.1. The monoisotopic (exact) mass is 342 g/mol. The smallest absolute Gasteiger partial charge is 0.167 e. The van der Waals surface area contributed by atoms with E-state index in [1.165, 1.54) is 18.2 Å². The minimum Gasteiger partial charge on any atom is -0.294 e. The van der Waals surface area contributed by atoms with Gasteiger partial charge in [-0.15, -0.1) is 0 Å². The van der Waals surface area contributed by atoms with Crippen LogP contribution in [0.15, 0.2) is 65.1 Å². The lowest BCUT2D eigenvalue weighted by Gasteiger charge is -2.06. The number of carbonyl (C=O) groups excluding carboxylic acids is 1. The molecule has 0 saturated heterocycles. The maximum Gasteiger partial charge on any atom is 0.167 e. The highest BCUT2D eigenvalue weighted by Crippen LogP contribution is 2.22. The Labute approximate surface area is 130 Å². The minimum atomic E-state index is -0.364. The van der Waals surface area contributed by atoms with E-state index in [1.807, 2.05) is 42.5 Å². The van der Waals surface area contributed by atoms with Crippen molar-refractivity contribution < 1.29 is 9.18 Å². The van der Waals surface area contributed by atoms with Gasteiger partial charge in [-0.2, -0.15) is 0 Å². The Hall–Kier alpha value is -2.00. The third kappa shape index (κ3) is 2.88. The van der Waals surface area contributed by atoms with E-state index in [9.17, 15) is 9.18 Å². The Bertz CT molecular complexity index is 821. The second-order valence-corrected chi connectivity index (χ2v) is 5.72. The van der Waals surface area contributed by atoms with E-state index in [-0.39, 0.29) is 11.6 Å². The van der Waals surface area contributed by atoms with Crippen LogP contribution < -0.4 is 0 Å². The molecule has 0 saturated carbocycles. The number of hydrogen-bond donors (Lipinski definition) is 0. The van der Waals surface area contributed by atoms with Crippen molar-refractivity contribution >= 4 is 32.5 Å². The number of ketones is 1. The fourth-order valence-corrected chi connectivity index (χ4v) is 2.77. The first kappa shape index (κ1) is 14.0. The number of fused-ring (bicyclic) bond motifs is 1. The molecule has 0 fully saturated rings. The number of hydrogen-bond acceptors (Lipinski definition) is 1. The molecule has 21 heavy (non-hydrogen) atoms. The highest BCUT2D eigenvalue weighted by molar-refractivity contribution is 9.10. The van der Waals surface area contributed by atoms with E-state index in [4.69, 9.17) is 0 Å². The Morgan fingerprint density at radius 1 is 1.00 bits per heavy atom. The van der Waals surface area contributed by atoms with E-state index < -0.39 is 0 Å². The Kier molecular flexibility index (Phi) is 3.84. The number of halogens is 2. The van der Waals surface area contributed by atoms with Crippen molar-refractivity contribution in [2.75, 3.05) is 0 Å². The van der Waals surface area contributed by atoms with E-state index in [1.54, 1.807) is 0 Å². The Morgan fingerprint density at radius 3 is 2.57 bits per heavy atom. The van der Waals surface area contributed by atoms with Crippen molar-refractivity contribution in [3.8, 4) is 0 Å². The molecule has 0 atom stereocenters. The van der Waals surface area contributed by atoms with Crippen LogP contribution in [0.4, 0.5) is 4.39 Å². The number of Topliss-reactive ketones (excluding diaryl/α,β-unsaturated/α-hetero) is 1. The number of benzene rings is 3. The van der Waals surface area contributed by atoms with Gasteiger partial charge in [0.1, 0.15) is 5.82 Å². The van der Waals surface area contributed by atoms with Gasteiger partial charge < -0.3 is 0 Å². The molecule has 0 spiro atoms. The molecule has 3 aromatic carbocycles. The molecule has 0 N–H and O–H groups in total. The average molecular weight is 343 g/mol. The molecule has 0 unspecified atom stereocenters. The topological polar surface area (TPSA) is 17.1 Å². The van der Waals surface area contributed by atoms with Crippen LogP contribution in [-0.2, 0) is 6.42 Å². The summed E-state index contributed by atoms with van der Waals surface area (Å²) in [5.41, 5.74) is 1.50. The Morgan fingerprint density at radius 2 is 1.76 bits per heavy atom. The SMILES string of the molecule is O=C(Cc1cccc2ccccc12)c1ccc(F)c(Br)c1. The van der Waals surface area contributed by atoms with Gasteiger partial charge in [-0.05, 0) is 50.5 Å². The summed E-state index contributed by atoms with van der Waals surface area (Å²) in [4.78, 5) is 12.4. The predicted octanol–water partition coefficient (Wildman–Crippen LogP) is 5.17. The maximum atomic E-state index is 13.2. The summed E-state index contributed by atoms with van der Waals surface area (Å²) < 4.78 is 13.6. The van der Waals surface area contributed by atoms with Gasteiger partial charge in [0.25, 0.3) is 0 Å². The lowest BCUT2D eigenvalue weighted by atomic mass is 9.98. The molecule has 3 heteroatoms. The fourth-order valence-electron chi connectivity index (χ4n) is 2.39. The molecule has 0 aliphatic heterocycles. The fraction of sp³-hybridized carbons (Fsp3) is 0.0556. The van der Waals surface area contributed by atoms with Gasteiger partial charge in [-0.25, -0.2) is 4.39 Å². The van der Waals surface area contributed by atoms with Crippen LogP contribution in [0.25, 0.3) is 10.8 Å². The molecule has 0 aliphatic carbocycles. The molecular formula is C18H12BrFO. The Balaban J connectivity index is 1.94. The van der Waals surface area contributed by atoms with Gasteiger partial charge in [-0.3, -0.25) is 4.79 Å². The highest BCUT2D eigenvalue weighted by Gasteiger charge is 2.11. The summed E-state index contributed by atoms with van der Waals surface area (Å²) in [5, 5.41) is 2.19. The molecule has 104 valence electrons. The third-order valence-corrected chi connectivity index (χ3v) is 4.08.